The summed E-state index contributed by atoms with van der Waals surface area (Å²) in [5.74, 6) is 1.23. The van der Waals surface area contributed by atoms with Gasteiger partial charge in [0.2, 0.25) is 0 Å². The van der Waals surface area contributed by atoms with Gasteiger partial charge in [0, 0.05) is 6.08 Å². The van der Waals surface area contributed by atoms with Crippen LogP contribution in [-0.2, 0) is 4.79 Å². The van der Waals surface area contributed by atoms with Crippen LogP contribution in [0.2, 0.25) is 0 Å². The molecule has 2 heterocycles. The van der Waals surface area contributed by atoms with Crippen LogP contribution in [-0.4, -0.2) is 11.0 Å². The molecule has 1 aromatic heterocycles. The van der Waals surface area contributed by atoms with Crippen molar-refractivity contribution in [1.29, 1.82) is 0 Å². The number of nitrogens with zero attached hydrogens (tertiary/aromatic N) is 1. The first-order valence-electron chi connectivity index (χ1n) is 6.14. The van der Waals surface area contributed by atoms with Gasteiger partial charge in [-0.3, -0.25) is 9.69 Å². The highest BCUT2D eigenvalue weighted by Crippen LogP contribution is 2.22. The second-order valence-electron chi connectivity index (χ2n) is 4.41. The standard InChI is InChI=1S/C15H12N2O2S/c1-10-7-8-12(19-10)9-13-14(18)17(15(20)16-13)11-5-3-2-4-6-11/h2-9H,1H3,(H,16,20)/b13-9+. The van der Waals surface area contributed by atoms with Crippen molar-refractivity contribution in [2.75, 3.05) is 4.90 Å². The number of amides is 1. The molecule has 0 spiro atoms. The lowest BCUT2D eigenvalue weighted by molar-refractivity contribution is -0.113. The van der Waals surface area contributed by atoms with Crippen molar-refractivity contribution < 1.29 is 9.21 Å². The molecule has 1 aliphatic heterocycles. The molecule has 0 unspecified atom stereocenters. The van der Waals surface area contributed by atoms with Crippen molar-refractivity contribution in [2.45, 2.75) is 6.92 Å². The van der Waals surface area contributed by atoms with Crippen molar-refractivity contribution in [3.05, 3.63) is 59.7 Å². The Hall–Kier alpha value is -2.40. The lowest BCUT2D eigenvalue weighted by Gasteiger charge is -2.13. The van der Waals surface area contributed by atoms with E-state index < -0.39 is 0 Å². The molecule has 20 heavy (non-hydrogen) atoms. The number of para-hydroxylation sites is 1. The molecule has 5 heteroatoms. The van der Waals surface area contributed by atoms with E-state index in [-0.39, 0.29) is 5.91 Å². The Morgan fingerprint density at radius 3 is 2.60 bits per heavy atom. The number of carbonyl (C=O) groups is 1. The zero-order valence-corrected chi connectivity index (χ0v) is 11.6. The second kappa shape index (κ2) is 4.94. The maximum absolute atomic E-state index is 12.4. The monoisotopic (exact) mass is 284 g/mol. The molecule has 100 valence electrons. The van der Waals surface area contributed by atoms with E-state index in [1.54, 1.807) is 6.08 Å². The SMILES string of the molecule is Cc1ccc(/C=C2/NC(=S)N(c3ccccc3)C2=O)o1. The van der Waals surface area contributed by atoms with E-state index in [9.17, 15) is 4.79 Å². The molecule has 0 radical (unpaired) electrons. The lowest BCUT2D eigenvalue weighted by Crippen LogP contribution is -2.30. The van der Waals surface area contributed by atoms with Crippen molar-refractivity contribution in [3.8, 4) is 0 Å². The smallest absolute Gasteiger partial charge is 0.281 e. The molecule has 1 saturated heterocycles. The highest BCUT2D eigenvalue weighted by Gasteiger charge is 2.31. The number of carbonyl (C=O) groups excluding carboxylic acids is 1. The zero-order valence-electron chi connectivity index (χ0n) is 10.8. The van der Waals surface area contributed by atoms with Gasteiger partial charge < -0.3 is 9.73 Å². The van der Waals surface area contributed by atoms with Gasteiger partial charge in [0.25, 0.3) is 5.91 Å². The molecule has 0 bridgehead atoms. The Morgan fingerprint density at radius 1 is 1.20 bits per heavy atom. The van der Waals surface area contributed by atoms with Gasteiger partial charge in [0.1, 0.15) is 17.2 Å². The van der Waals surface area contributed by atoms with Crippen LogP contribution in [0.3, 0.4) is 0 Å². The predicted octanol–water partition coefficient (Wildman–Crippen LogP) is 2.85. The third-order valence-electron chi connectivity index (χ3n) is 2.94. The van der Waals surface area contributed by atoms with Crippen LogP contribution >= 0.6 is 12.2 Å². The van der Waals surface area contributed by atoms with Crippen molar-refractivity contribution in [1.82, 2.24) is 5.32 Å². The van der Waals surface area contributed by atoms with Crippen molar-refractivity contribution in [3.63, 3.8) is 0 Å². The van der Waals surface area contributed by atoms with E-state index >= 15 is 0 Å². The third-order valence-corrected chi connectivity index (χ3v) is 3.22. The van der Waals surface area contributed by atoms with Gasteiger partial charge in [-0.25, -0.2) is 0 Å². The maximum atomic E-state index is 12.4. The summed E-state index contributed by atoms with van der Waals surface area (Å²) in [6, 6.07) is 13.0. The van der Waals surface area contributed by atoms with Crippen LogP contribution in [0, 0.1) is 6.92 Å². The highest BCUT2D eigenvalue weighted by molar-refractivity contribution is 7.80. The number of rotatable bonds is 2. The molecule has 1 aliphatic rings. The van der Waals surface area contributed by atoms with E-state index in [0.717, 1.165) is 11.4 Å². The summed E-state index contributed by atoms with van der Waals surface area (Å²) in [5.41, 5.74) is 1.15. The Labute approximate surface area is 121 Å². The average molecular weight is 284 g/mol. The van der Waals surface area contributed by atoms with Crippen LogP contribution in [0.1, 0.15) is 11.5 Å². The topological polar surface area (TPSA) is 45.5 Å². The highest BCUT2D eigenvalue weighted by atomic mass is 32.1. The number of thiocarbonyl (C=S) groups is 1. The first-order chi connectivity index (χ1) is 9.65. The fourth-order valence-electron chi connectivity index (χ4n) is 2.02. The maximum Gasteiger partial charge on any atom is 0.281 e. The van der Waals surface area contributed by atoms with Crippen LogP contribution in [0.5, 0.6) is 0 Å². The molecule has 1 fully saturated rings. The van der Waals surface area contributed by atoms with Gasteiger partial charge in [-0.05, 0) is 43.4 Å². The number of furan rings is 1. The summed E-state index contributed by atoms with van der Waals surface area (Å²) in [6.07, 6.45) is 1.66. The van der Waals surface area contributed by atoms with E-state index in [0.29, 0.717) is 16.6 Å². The summed E-state index contributed by atoms with van der Waals surface area (Å²) in [7, 11) is 0. The van der Waals surface area contributed by atoms with Crippen LogP contribution in [0.15, 0.2) is 52.6 Å². The first kappa shape index (κ1) is 12.6. The second-order valence-corrected chi connectivity index (χ2v) is 4.80. The van der Waals surface area contributed by atoms with Gasteiger partial charge in [0.05, 0.1) is 5.69 Å². The number of benzene rings is 1. The number of nitrogens with one attached hydrogen (secondary N) is 1. The van der Waals surface area contributed by atoms with Gasteiger partial charge in [-0.15, -0.1) is 0 Å². The van der Waals surface area contributed by atoms with Crippen molar-refractivity contribution >= 4 is 35.0 Å². The first-order valence-corrected chi connectivity index (χ1v) is 6.54. The molecule has 3 rings (SSSR count). The number of anilines is 1. The average Bonchev–Trinajstić information content (AvgIpc) is 2.96. The molecule has 2 aromatic rings. The summed E-state index contributed by atoms with van der Waals surface area (Å²) in [6.45, 7) is 1.85. The fraction of sp³-hybridized carbons (Fsp3) is 0.0667. The molecular formula is C15H12N2O2S. The van der Waals surface area contributed by atoms with E-state index in [1.807, 2.05) is 49.4 Å². The molecule has 1 aromatic carbocycles. The summed E-state index contributed by atoms with van der Waals surface area (Å²) in [4.78, 5) is 13.9. The predicted molar refractivity (Wildman–Crippen MR) is 81.1 cm³/mol. The molecule has 1 amide bonds. The zero-order chi connectivity index (χ0) is 14.1. The van der Waals surface area contributed by atoms with Gasteiger partial charge in [0.15, 0.2) is 5.11 Å². The summed E-state index contributed by atoms with van der Waals surface area (Å²) in [5, 5.41) is 3.29. The number of aryl methyl sites for hydroxylation is 1. The minimum atomic E-state index is -0.185. The largest absolute Gasteiger partial charge is 0.462 e. The number of hydrogen-bond acceptors (Lipinski definition) is 3. The Kier molecular flexibility index (Phi) is 3.12. The molecule has 0 aliphatic carbocycles. The van der Waals surface area contributed by atoms with Crippen LogP contribution in [0.25, 0.3) is 6.08 Å². The molecular weight excluding hydrogens is 272 g/mol. The van der Waals surface area contributed by atoms with Crippen LogP contribution < -0.4 is 10.2 Å². The van der Waals surface area contributed by atoms with Gasteiger partial charge in [-0.2, -0.15) is 0 Å². The number of hydrogen-bond donors (Lipinski definition) is 1. The third kappa shape index (κ3) is 2.23. The molecule has 0 atom stereocenters. The van der Waals surface area contributed by atoms with E-state index in [4.69, 9.17) is 16.6 Å². The summed E-state index contributed by atoms with van der Waals surface area (Å²) >= 11 is 5.22. The minimum Gasteiger partial charge on any atom is -0.462 e. The van der Waals surface area contributed by atoms with E-state index in [2.05, 4.69) is 5.32 Å². The van der Waals surface area contributed by atoms with Gasteiger partial charge in [-0.1, -0.05) is 18.2 Å². The Morgan fingerprint density at radius 2 is 1.95 bits per heavy atom. The minimum absolute atomic E-state index is 0.185. The van der Waals surface area contributed by atoms with Crippen LogP contribution in [0.4, 0.5) is 5.69 Å². The molecule has 4 nitrogen and oxygen atoms in total. The van der Waals surface area contributed by atoms with Gasteiger partial charge >= 0.3 is 0 Å². The van der Waals surface area contributed by atoms with Crippen molar-refractivity contribution in [2.24, 2.45) is 0 Å². The Bertz CT molecular complexity index is 704. The summed E-state index contributed by atoms with van der Waals surface area (Å²) < 4.78 is 5.44. The fourth-order valence-corrected chi connectivity index (χ4v) is 2.32. The normalized spacial score (nSPS) is 16.9. The Balaban J connectivity index is 1.93. The lowest BCUT2D eigenvalue weighted by atomic mass is 10.3. The molecule has 0 saturated carbocycles. The van der Waals surface area contributed by atoms with E-state index in [1.165, 1.54) is 4.90 Å². The quantitative estimate of drug-likeness (QED) is 0.680. The molecule has 1 N–H and O–H groups in total.